The highest BCUT2D eigenvalue weighted by Gasteiger charge is 2.37. The normalized spacial score (nSPS) is 20.0. The van der Waals surface area contributed by atoms with Gasteiger partial charge in [0.1, 0.15) is 6.04 Å². The zero-order valence-corrected chi connectivity index (χ0v) is 20.1. The van der Waals surface area contributed by atoms with Crippen LogP contribution in [0.5, 0.6) is 0 Å². The van der Waals surface area contributed by atoms with Crippen LogP contribution in [0.15, 0.2) is 47.3 Å². The number of piperidine rings is 1. The number of aryl methyl sites for hydroxylation is 1. The van der Waals surface area contributed by atoms with Gasteiger partial charge >= 0.3 is 6.03 Å². The lowest BCUT2D eigenvalue weighted by Crippen LogP contribution is -2.56. The summed E-state index contributed by atoms with van der Waals surface area (Å²) in [4.78, 5) is 40.1. The number of benzene rings is 1. The fourth-order valence-electron chi connectivity index (χ4n) is 4.83. The summed E-state index contributed by atoms with van der Waals surface area (Å²) in [7, 11) is 0. The third kappa shape index (κ3) is 5.61. The van der Waals surface area contributed by atoms with Crippen LogP contribution in [0, 0.1) is 12.8 Å². The number of urea groups is 1. The molecule has 2 aromatic rings. The van der Waals surface area contributed by atoms with E-state index in [0.29, 0.717) is 32.6 Å². The third-order valence-corrected chi connectivity index (χ3v) is 7.22. The van der Waals surface area contributed by atoms with Crippen LogP contribution in [0.25, 0.3) is 0 Å². The maximum atomic E-state index is 13.2. The van der Waals surface area contributed by atoms with Crippen LogP contribution in [-0.4, -0.2) is 52.5 Å². The number of amides is 3. The van der Waals surface area contributed by atoms with Crippen molar-refractivity contribution in [2.75, 3.05) is 25.1 Å². The fraction of sp³-hybridized carbons (Fsp3) is 0.480. The number of likely N-dealkylation sites (tertiary alicyclic amines) is 1. The molecule has 2 aliphatic rings. The molecule has 1 aromatic carbocycles. The van der Waals surface area contributed by atoms with Crippen molar-refractivity contribution >= 4 is 23.7 Å². The second-order valence-corrected chi connectivity index (χ2v) is 10.1. The van der Waals surface area contributed by atoms with E-state index in [9.17, 15) is 14.4 Å². The van der Waals surface area contributed by atoms with Crippen molar-refractivity contribution in [1.29, 1.82) is 0 Å². The quantitative estimate of drug-likeness (QED) is 0.655. The maximum absolute atomic E-state index is 13.2. The van der Waals surface area contributed by atoms with Crippen molar-refractivity contribution < 1.29 is 9.59 Å². The topological polar surface area (TPSA) is 83.4 Å². The first-order chi connectivity index (χ1) is 15.9. The van der Waals surface area contributed by atoms with Crippen molar-refractivity contribution in [3.8, 4) is 0 Å². The summed E-state index contributed by atoms with van der Waals surface area (Å²) in [5.41, 5.74) is 3.24. The Morgan fingerprint density at radius 1 is 1.12 bits per heavy atom. The van der Waals surface area contributed by atoms with Crippen LogP contribution in [0.3, 0.4) is 0 Å². The van der Waals surface area contributed by atoms with Crippen LogP contribution < -0.4 is 16.2 Å². The molecule has 0 radical (unpaired) electrons. The van der Waals surface area contributed by atoms with E-state index < -0.39 is 6.04 Å². The lowest BCUT2D eigenvalue weighted by Gasteiger charge is -2.43. The second-order valence-electron chi connectivity index (χ2n) is 9.09. The molecular weight excluding hydrogens is 436 g/mol. The fourth-order valence-corrected chi connectivity index (χ4v) is 5.30. The molecule has 1 fully saturated rings. The Morgan fingerprint density at radius 3 is 2.67 bits per heavy atom. The van der Waals surface area contributed by atoms with Crippen molar-refractivity contribution in [2.24, 2.45) is 5.92 Å². The van der Waals surface area contributed by atoms with Gasteiger partial charge in [-0.2, -0.15) is 11.8 Å². The van der Waals surface area contributed by atoms with Crippen LogP contribution in [0.4, 0.5) is 4.79 Å². The summed E-state index contributed by atoms with van der Waals surface area (Å²) < 4.78 is 1.86. The van der Waals surface area contributed by atoms with Gasteiger partial charge in [0.25, 0.3) is 5.56 Å². The van der Waals surface area contributed by atoms with E-state index >= 15 is 0 Å². The van der Waals surface area contributed by atoms with Crippen LogP contribution in [0.1, 0.15) is 35.6 Å². The van der Waals surface area contributed by atoms with Crippen LogP contribution in [-0.2, 0) is 17.9 Å². The van der Waals surface area contributed by atoms with Gasteiger partial charge in [-0.1, -0.05) is 35.9 Å². The number of nitrogens with one attached hydrogen (secondary N) is 2. The molecule has 4 rings (SSSR count). The molecular formula is C25H32N4O3S. The highest BCUT2D eigenvalue weighted by atomic mass is 32.2. The largest absolute Gasteiger partial charge is 0.350 e. The summed E-state index contributed by atoms with van der Waals surface area (Å²) in [6.45, 7) is 4.27. The minimum atomic E-state index is -0.577. The molecule has 1 saturated heterocycles. The summed E-state index contributed by atoms with van der Waals surface area (Å²) >= 11 is 1.66. The zero-order valence-electron chi connectivity index (χ0n) is 19.3. The number of aromatic nitrogens is 1. The minimum Gasteiger partial charge on any atom is -0.350 e. The number of carbonyl (C=O) groups is 2. The van der Waals surface area contributed by atoms with Crippen molar-refractivity contribution in [3.05, 3.63) is 69.6 Å². The van der Waals surface area contributed by atoms with Gasteiger partial charge in [0.15, 0.2) is 0 Å². The van der Waals surface area contributed by atoms with Crippen molar-refractivity contribution in [2.45, 2.75) is 44.8 Å². The first-order valence-corrected chi connectivity index (χ1v) is 12.9. The molecule has 33 heavy (non-hydrogen) atoms. The Bertz CT molecular complexity index is 1050. The molecule has 2 aliphatic heterocycles. The number of pyridine rings is 1. The van der Waals surface area contributed by atoms with Gasteiger partial charge in [0.2, 0.25) is 5.91 Å². The molecule has 1 aromatic heterocycles. The molecule has 7 nitrogen and oxygen atoms in total. The molecule has 8 heteroatoms. The number of fused-ring (bicyclic) bond motifs is 4. The number of hydrogen-bond donors (Lipinski definition) is 2. The highest BCUT2D eigenvalue weighted by molar-refractivity contribution is 7.98. The Labute approximate surface area is 198 Å². The first-order valence-electron chi connectivity index (χ1n) is 11.5. The number of nitrogens with zero attached hydrogens (tertiary/aromatic N) is 2. The van der Waals surface area contributed by atoms with Gasteiger partial charge in [-0.3, -0.25) is 9.59 Å². The van der Waals surface area contributed by atoms with E-state index in [1.54, 1.807) is 23.9 Å². The molecule has 3 amide bonds. The molecule has 2 bridgehead atoms. The maximum Gasteiger partial charge on any atom is 0.318 e. The monoisotopic (exact) mass is 468 g/mol. The number of thioether (sulfide) groups is 1. The number of rotatable bonds is 7. The molecule has 0 aliphatic carbocycles. The van der Waals surface area contributed by atoms with Crippen molar-refractivity contribution in [3.63, 3.8) is 0 Å². The predicted octanol–water partition coefficient (Wildman–Crippen LogP) is 2.72. The number of hydrogen-bond acceptors (Lipinski definition) is 4. The lowest BCUT2D eigenvalue weighted by molar-refractivity contribution is -0.123. The summed E-state index contributed by atoms with van der Waals surface area (Å²) in [5.74, 6) is 1.02. The summed E-state index contributed by atoms with van der Waals surface area (Å²) in [6.07, 6.45) is 3.56. The standard InChI is InChI=1S/C25H32N4O3S/c1-17-6-8-18(9-7-17)13-26-24(31)21(10-11-33-2)27-25(32)28-14-19-12-20(16-28)22-4-3-5-23(30)29(22)15-19/h3-9,19-21H,10-16H2,1-2H3,(H,26,31)(H,27,32). The third-order valence-electron chi connectivity index (χ3n) is 6.58. The molecule has 2 N–H and O–H groups in total. The number of carbonyl (C=O) groups excluding carboxylic acids is 2. The van der Waals surface area contributed by atoms with Crippen LogP contribution >= 0.6 is 11.8 Å². The summed E-state index contributed by atoms with van der Waals surface area (Å²) in [6, 6.07) is 12.7. The highest BCUT2D eigenvalue weighted by Crippen LogP contribution is 2.34. The van der Waals surface area contributed by atoms with E-state index in [2.05, 4.69) is 10.6 Å². The van der Waals surface area contributed by atoms with E-state index in [-0.39, 0.29) is 29.3 Å². The van der Waals surface area contributed by atoms with E-state index in [1.165, 1.54) is 5.56 Å². The van der Waals surface area contributed by atoms with E-state index in [4.69, 9.17) is 0 Å². The van der Waals surface area contributed by atoms with Gasteiger partial charge in [-0.25, -0.2) is 4.79 Å². The Hall–Kier alpha value is -2.74. The average Bonchev–Trinajstić information content (AvgIpc) is 2.81. The van der Waals surface area contributed by atoms with Crippen LogP contribution in [0.2, 0.25) is 0 Å². The molecule has 0 spiro atoms. The van der Waals surface area contributed by atoms with E-state index in [0.717, 1.165) is 23.4 Å². The predicted molar refractivity (Wildman–Crippen MR) is 131 cm³/mol. The average molecular weight is 469 g/mol. The minimum absolute atomic E-state index is 0.0301. The SMILES string of the molecule is CSCCC(NC(=O)N1CC2CC(C1)c1cccc(=O)n1C2)C(=O)NCc1ccc(C)cc1. The van der Waals surface area contributed by atoms with Gasteiger partial charge in [0, 0.05) is 43.9 Å². The van der Waals surface area contributed by atoms with Gasteiger partial charge in [-0.15, -0.1) is 0 Å². The molecule has 176 valence electrons. The molecule has 3 atom stereocenters. The molecule has 3 heterocycles. The zero-order chi connectivity index (χ0) is 23.4. The Kier molecular flexibility index (Phi) is 7.42. The molecule has 0 saturated carbocycles. The smallest absolute Gasteiger partial charge is 0.318 e. The molecule has 3 unspecified atom stereocenters. The van der Waals surface area contributed by atoms with Gasteiger partial charge in [0.05, 0.1) is 0 Å². The van der Waals surface area contributed by atoms with E-state index in [1.807, 2.05) is 53.0 Å². The van der Waals surface area contributed by atoms with Gasteiger partial charge < -0.3 is 20.1 Å². The Balaban J connectivity index is 1.39. The summed E-state index contributed by atoms with van der Waals surface area (Å²) in [5, 5.41) is 5.96. The first kappa shape index (κ1) is 23.4. The Morgan fingerprint density at radius 2 is 1.91 bits per heavy atom. The van der Waals surface area contributed by atoms with Crippen molar-refractivity contribution in [1.82, 2.24) is 20.1 Å². The van der Waals surface area contributed by atoms with Gasteiger partial charge in [-0.05, 0) is 49.3 Å². The second kappa shape index (κ2) is 10.5. The lowest BCUT2D eigenvalue weighted by atomic mass is 9.83.